The summed E-state index contributed by atoms with van der Waals surface area (Å²) in [5.41, 5.74) is 1.24. The molecule has 2 aromatic rings. The van der Waals surface area contributed by atoms with Gasteiger partial charge >= 0.3 is 0 Å². The smallest absolute Gasteiger partial charge is 0.267 e. The van der Waals surface area contributed by atoms with E-state index in [0.717, 1.165) is 10.2 Å². The molecule has 110 valence electrons. The van der Waals surface area contributed by atoms with Crippen LogP contribution in [0.4, 0.5) is 0 Å². The maximum Gasteiger partial charge on any atom is 0.267 e. The van der Waals surface area contributed by atoms with Gasteiger partial charge in [0.15, 0.2) is 0 Å². The minimum atomic E-state index is -0.309. The van der Waals surface area contributed by atoms with Gasteiger partial charge in [-0.3, -0.25) is 9.59 Å². The van der Waals surface area contributed by atoms with Crippen molar-refractivity contribution in [3.63, 3.8) is 0 Å². The van der Waals surface area contributed by atoms with Crippen LogP contribution in [0.5, 0.6) is 0 Å². The maximum absolute atomic E-state index is 11.8. The summed E-state index contributed by atoms with van der Waals surface area (Å²) in [4.78, 5) is 23.5. The summed E-state index contributed by atoms with van der Waals surface area (Å²) in [6, 6.07) is 12.6. The molecule has 1 aromatic carbocycles. The van der Waals surface area contributed by atoms with E-state index in [0.29, 0.717) is 18.8 Å². The summed E-state index contributed by atoms with van der Waals surface area (Å²) in [5.74, 6) is -0.271. The van der Waals surface area contributed by atoms with Crippen LogP contribution in [-0.4, -0.2) is 35.9 Å². The van der Waals surface area contributed by atoms with Gasteiger partial charge in [-0.15, -0.1) is 0 Å². The molecule has 0 spiro atoms. The van der Waals surface area contributed by atoms with E-state index in [1.807, 2.05) is 30.3 Å². The standard InChI is InChI=1S/C15H17N3O3/c1-21-10-9-16-14(19)11-18-15(20)8-7-13(17-18)12-5-3-2-4-6-12/h2-8H,9-11H2,1H3,(H,16,19). The Kier molecular flexibility index (Phi) is 5.22. The van der Waals surface area contributed by atoms with E-state index >= 15 is 0 Å². The van der Waals surface area contributed by atoms with E-state index in [-0.39, 0.29) is 18.0 Å². The summed E-state index contributed by atoms with van der Waals surface area (Å²) in [5, 5.41) is 6.88. The first-order valence-corrected chi connectivity index (χ1v) is 6.60. The first-order chi connectivity index (χ1) is 10.2. The Hall–Kier alpha value is -2.47. The third-order valence-corrected chi connectivity index (χ3v) is 2.86. The van der Waals surface area contributed by atoms with Crippen LogP contribution >= 0.6 is 0 Å². The zero-order chi connectivity index (χ0) is 15.1. The maximum atomic E-state index is 11.8. The van der Waals surface area contributed by atoms with Crippen LogP contribution in [-0.2, 0) is 16.1 Å². The molecule has 0 bridgehead atoms. The molecule has 1 aromatic heterocycles. The van der Waals surface area contributed by atoms with E-state index in [9.17, 15) is 9.59 Å². The molecule has 2 rings (SSSR count). The number of hydrogen-bond acceptors (Lipinski definition) is 4. The Morgan fingerprint density at radius 3 is 2.71 bits per heavy atom. The van der Waals surface area contributed by atoms with Crippen LogP contribution in [0.2, 0.25) is 0 Å². The fourth-order valence-corrected chi connectivity index (χ4v) is 1.81. The molecule has 6 nitrogen and oxygen atoms in total. The van der Waals surface area contributed by atoms with Gasteiger partial charge in [0, 0.05) is 25.3 Å². The van der Waals surface area contributed by atoms with Crippen LogP contribution in [0, 0.1) is 0 Å². The second-order valence-electron chi connectivity index (χ2n) is 4.42. The van der Waals surface area contributed by atoms with Gasteiger partial charge in [-0.25, -0.2) is 4.68 Å². The molecule has 0 saturated carbocycles. The van der Waals surface area contributed by atoms with Crippen LogP contribution in [0.1, 0.15) is 0 Å². The zero-order valence-corrected chi connectivity index (χ0v) is 11.8. The lowest BCUT2D eigenvalue weighted by atomic mass is 10.1. The molecule has 0 radical (unpaired) electrons. The number of aromatic nitrogens is 2. The van der Waals surface area contributed by atoms with E-state index < -0.39 is 0 Å². The predicted molar refractivity (Wildman–Crippen MR) is 78.8 cm³/mol. The highest BCUT2D eigenvalue weighted by atomic mass is 16.5. The van der Waals surface area contributed by atoms with Gasteiger partial charge in [-0.1, -0.05) is 30.3 Å². The molecule has 1 amide bonds. The number of methoxy groups -OCH3 is 1. The monoisotopic (exact) mass is 287 g/mol. The molecule has 6 heteroatoms. The number of ether oxygens (including phenoxy) is 1. The summed E-state index contributed by atoms with van der Waals surface area (Å²) < 4.78 is 6.00. The van der Waals surface area contributed by atoms with Gasteiger partial charge in [0.2, 0.25) is 5.91 Å². The topological polar surface area (TPSA) is 73.2 Å². The predicted octanol–water partition coefficient (Wildman–Crippen LogP) is 0.673. The average Bonchev–Trinajstić information content (AvgIpc) is 2.51. The second kappa shape index (κ2) is 7.35. The molecule has 1 N–H and O–H groups in total. The van der Waals surface area contributed by atoms with Crippen molar-refractivity contribution in [3.05, 3.63) is 52.8 Å². The Balaban J connectivity index is 2.13. The number of amides is 1. The number of carbonyl (C=O) groups excluding carboxylic acids is 1. The lowest BCUT2D eigenvalue weighted by Crippen LogP contribution is -2.35. The second-order valence-corrected chi connectivity index (χ2v) is 4.42. The Morgan fingerprint density at radius 1 is 1.24 bits per heavy atom. The number of benzene rings is 1. The quantitative estimate of drug-likeness (QED) is 0.793. The van der Waals surface area contributed by atoms with Crippen molar-refractivity contribution in [1.82, 2.24) is 15.1 Å². The number of nitrogens with zero attached hydrogens (tertiary/aromatic N) is 2. The minimum absolute atomic E-state index is 0.108. The molecule has 0 aliphatic rings. The first kappa shape index (κ1) is 14.9. The van der Waals surface area contributed by atoms with Crippen molar-refractivity contribution in [2.24, 2.45) is 0 Å². The van der Waals surface area contributed by atoms with Crippen LogP contribution in [0.25, 0.3) is 11.3 Å². The van der Waals surface area contributed by atoms with Gasteiger partial charge in [-0.05, 0) is 6.07 Å². The minimum Gasteiger partial charge on any atom is -0.383 e. The molecule has 21 heavy (non-hydrogen) atoms. The van der Waals surface area contributed by atoms with E-state index in [1.165, 1.54) is 6.07 Å². The lowest BCUT2D eigenvalue weighted by Gasteiger charge is -2.08. The molecule has 0 aliphatic heterocycles. The van der Waals surface area contributed by atoms with Gasteiger partial charge in [0.05, 0.1) is 12.3 Å². The summed E-state index contributed by atoms with van der Waals surface area (Å²) in [6.45, 7) is 0.726. The zero-order valence-electron chi connectivity index (χ0n) is 11.8. The van der Waals surface area contributed by atoms with Gasteiger partial charge in [0.1, 0.15) is 6.54 Å². The number of rotatable bonds is 6. The SMILES string of the molecule is COCCNC(=O)Cn1nc(-c2ccccc2)ccc1=O. The van der Waals surface area contributed by atoms with E-state index in [2.05, 4.69) is 10.4 Å². The number of hydrogen-bond donors (Lipinski definition) is 1. The van der Waals surface area contributed by atoms with E-state index in [1.54, 1.807) is 13.2 Å². The normalized spacial score (nSPS) is 10.3. The van der Waals surface area contributed by atoms with Crippen LogP contribution in [0.3, 0.4) is 0 Å². The fourth-order valence-electron chi connectivity index (χ4n) is 1.81. The van der Waals surface area contributed by atoms with Crippen molar-refractivity contribution in [2.75, 3.05) is 20.3 Å². The molecule has 0 saturated heterocycles. The molecule has 0 atom stereocenters. The summed E-state index contributed by atoms with van der Waals surface area (Å²) in [6.07, 6.45) is 0. The van der Waals surface area contributed by atoms with Crippen molar-refractivity contribution >= 4 is 5.91 Å². The van der Waals surface area contributed by atoms with Crippen molar-refractivity contribution in [2.45, 2.75) is 6.54 Å². The largest absolute Gasteiger partial charge is 0.383 e. The molecule has 0 unspecified atom stereocenters. The molecule has 0 fully saturated rings. The molecular formula is C15H17N3O3. The van der Waals surface area contributed by atoms with Gasteiger partial charge in [-0.2, -0.15) is 5.10 Å². The highest BCUT2D eigenvalue weighted by Gasteiger charge is 2.07. The van der Waals surface area contributed by atoms with Crippen LogP contribution in [0.15, 0.2) is 47.3 Å². The molecule has 1 heterocycles. The number of carbonyl (C=O) groups is 1. The lowest BCUT2D eigenvalue weighted by molar-refractivity contribution is -0.122. The Morgan fingerprint density at radius 2 is 2.00 bits per heavy atom. The highest BCUT2D eigenvalue weighted by Crippen LogP contribution is 2.13. The Bertz CT molecular complexity index is 653. The first-order valence-electron chi connectivity index (χ1n) is 6.60. The fraction of sp³-hybridized carbons (Fsp3) is 0.267. The average molecular weight is 287 g/mol. The molecule has 0 aliphatic carbocycles. The van der Waals surface area contributed by atoms with E-state index in [4.69, 9.17) is 4.74 Å². The van der Waals surface area contributed by atoms with Crippen molar-refractivity contribution in [1.29, 1.82) is 0 Å². The van der Waals surface area contributed by atoms with Gasteiger partial charge in [0.25, 0.3) is 5.56 Å². The number of nitrogens with one attached hydrogen (secondary N) is 1. The summed E-state index contributed by atoms with van der Waals surface area (Å²) in [7, 11) is 1.56. The summed E-state index contributed by atoms with van der Waals surface area (Å²) >= 11 is 0. The molecular weight excluding hydrogens is 270 g/mol. The highest BCUT2D eigenvalue weighted by molar-refractivity contribution is 5.75. The van der Waals surface area contributed by atoms with Crippen LogP contribution < -0.4 is 10.9 Å². The van der Waals surface area contributed by atoms with Crippen molar-refractivity contribution < 1.29 is 9.53 Å². The third-order valence-electron chi connectivity index (χ3n) is 2.86. The Labute approximate surface area is 122 Å². The third kappa shape index (κ3) is 4.25. The van der Waals surface area contributed by atoms with Gasteiger partial charge < -0.3 is 10.1 Å². The van der Waals surface area contributed by atoms with Crippen molar-refractivity contribution in [3.8, 4) is 11.3 Å².